The van der Waals surface area contributed by atoms with Gasteiger partial charge in [0.05, 0.1) is 6.21 Å². The van der Waals surface area contributed by atoms with Gasteiger partial charge in [0.1, 0.15) is 0 Å². The van der Waals surface area contributed by atoms with E-state index in [1.807, 2.05) is 72.8 Å². The predicted octanol–water partition coefficient (Wildman–Crippen LogP) is 6.16. The summed E-state index contributed by atoms with van der Waals surface area (Å²) in [5.74, 6) is 0.586. The summed E-state index contributed by atoms with van der Waals surface area (Å²) in [5, 5.41) is 4.74. The Balaban J connectivity index is 1.53. The van der Waals surface area contributed by atoms with Crippen LogP contribution in [-0.4, -0.2) is 12.1 Å². The van der Waals surface area contributed by atoms with Gasteiger partial charge in [0.25, 0.3) is 5.91 Å². The third-order valence-electron chi connectivity index (χ3n) is 3.66. The van der Waals surface area contributed by atoms with Gasteiger partial charge in [0, 0.05) is 25.7 Å². The Morgan fingerprint density at radius 2 is 1.81 bits per heavy atom. The van der Waals surface area contributed by atoms with Crippen LogP contribution in [0.3, 0.4) is 0 Å². The van der Waals surface area contributed by atoms with Crippen molar-refractivity contribution in [2.75, 3.05) is 0 Å². The maximum Gasteiger partial charge on any atom is 0.271 e. The summed E-state index contributed by atoms with van der Waals surface area (Å²) in [6.07, 6.45) is 1.61. The summed E-state index contributed by atoms with van der Waals surface area (Å²) in [5.41, 5.74) is 5.16. The molecule has 0 aliphatic rings. The molecular formula is C21H16BrClN2OS. The monoisotopic (exact) mass is 458 g/mol. The third kappa shape index (κ3) is 6.24. The lowest BCUT2D eigenvalue weighted by atomic mass is 10.1. The lowest BCUT2D eigenvalue weighted by molar-refractivity contribution is 0.0955. The largest absolute Gasteiger partial charge is 0.271 e. The van der Waals surface area contributed by atoms with Gasteiger partial charge >= 0.3 is 0 Å². The normalized spacial score (nSPS) is 10.9. The quantitative estimate of drug-likeness (QED) is 0.272. The highest BCUT2D eigenvalue weighted by Crippen LogP contribution is 2.24. The smallest absolute Gasteiger partial charge is 0.267 e. The maximum atomic E-state index is 12.2. The van der Waals surface area contributed by atoms with E-state index < -0.39 is 0 Å². The molecule has 0 aromatic heterocycles. The molecule has 3 aromatic carbocycles. The van der Waals surface area contributed by atoms with Crippen molar-refractivity contribution in [1.82, 2.24) is 5.43 Å². The fraction of sp³-hybridized carbons (Fsp3) is 0.0476. The molecule has 6 heteroatoms. The van der Waals surface area contributed by atoms with Crippen molar-refractivity contribution >= 4 is 51.4 Å². The summed E-state index contributed by atoms with van der Waals surface area (Å²) < 4.78 is 0.963. The van der Waals surface area contributed by atoms with Crippen molar-refractivity contribution in [3.05, 3.63) is 99.0 Å². The second-order valence-corrected chi connectivity index (χ2v) is 8.09. The zero-order chi connectivity index (χ0) is 19.1. The van der Waals surface area contributed by atoms with Crippen molar-refractivity contribution in [3.63, 3.8) is 0 Å². The van der Waals surface area contributed by atoms with Gasteiger partial charge in [-0.2, -0.15) is 5.10 Å². The molecule has 0 unspecified atom stereocenters. The van der Waals surface area contributed by atoms with Gasteiger partial charge in [-0.05, 0) is 59.7 Å². The number of hydrogen-bond acceptors (Lipinski definition) is 3. The molecule has 3 aromatic rings. The van der Waals surface area contributed by atoms with Crippen LogP contribution in [0.2, 0.25) is 5.02 Å². The number of carbonyl (C=O) groups is 1. The number of nitrogens with one attached hydrogen (secondary N) is 1. The van der Waals surface area contributed by atoms with E-state index in [0.29, 0.717) is 5.56 Å². The van der Waals surface area contributed by atoms with Crippen LogP contribution in [0.5, 0.6) is 0 Å². The Bertz CT molecular complexity index is 943. The molecule has 0 saturated carbocycles. The van der Waals surface area contributed by atoms with Crippen LogP contribution in [0.25, 0.3) is 0 Å². The van der Waals surface area contributed by atoms with Crippen LogP contribution in [0.15, 0.2) is 87.3 Å². The number of amides is 1. The van der Waals surface area contributed by atoms with E-state index in [9.17, 15) is 4.79 Å². The molecule has 0 spiro atoms. The fourth-order valence-corrected chi connectivity index (χ4v) is 3.66. The maximum absolute atomic E-state index is 12.2. The minimum atomic E-state index is -0.238. The third-order valence-corrected chi connectivity index (χ3v) is 5.49. The van der Waals surface area contributed by atoms with Crippen molar-refractivity contribution < 1.29 is 4.79 Å². The SMILES string of the molecule is O=C(N/N=C\c1cccc(Br)c1)c1ccc(CSc2ccc(Cl)cc2)cc1. The number of hydrogen-bond donors (Lipinski definition) is 1. The van der Waals surface area contributed by atoms with E-state index in [4.69, 9.17) is 11.6 Å². The van der Waals surface area contributed by atoms with Crippen LogP contribution >= 0.6 is 39.3 Å². The topological polar surface area (TPSA) is 41.5 Å². The van der Waals surface area contributed by atoms with Crippen LogP contribution in [0.1, 0.15) is 21.5 Å². The number of halogens is 2. The number of benzene rings is 3. The van der Waals surface area contributed by atoms with Crippen molar-refractivity contribution in [3.8, 4) is 0 Å². The highest BCUT2D eigenvalue weighted by Gasteiger charge is 2.04. The number of rotatable bonds is 6. The van der Waals surface area contributed by atoms with Gasteiger partial charge in [0.2, 0.25) is 0 Å². The summed E-state index contributed by atoms with van der Waals surface area (Å²) in [6.45, 7) is 0. The van der Waals surface area contributed by atoms with Gasteiger partial charge in [-0.25, -0.2) is 5.43 Å². The molecule has 0 aliphatic heterocycles. The van der Waals surface area contributed by atoms with Gasteiger partial charge in [-0.3, -0.25) is 4.79 Å². The van der Waals surface area contributed by atoms with E-state index >= 15 is 0 Å². The number of thioether (sulfide) groups is 1. The number of hydrazone groups is 1. The molecule has 0 heterocycles. The van der Waals surface area contributed by atoms with Crippen LogP contribution in [0.4, 0.5) is 0 Å². The molecule has 3 rings (SSSR count). The Morgan fingerprint density at radius 1 is 1.07 bits per heavy atom. The van der Waals surface area contributed by atoms with Crippen molar-refractivity contribution in [2.24, 2.45) is 5.10 Å². The molecule has 136 valence electrons. The van der Waals surface area contributed by atoms with Crippen LogP contribution in [-0.2, 0) is 5.75 Å². The fourth-order valence-electron chi connectivity index (χ4n) is 2.27. The number of nitrogens with zero attached hydrogens (tertiary/aromatic N) is 1. The molecule has 1 amide bonds. The molecule has 1 N–H and O–H groups in total. The van der Waals surface area contributed by atoms with E-state index in [0.717, 1.165) is 31.3 Å². The molecular weight excluding hydrogens is 444 g/mol. The standard InChI is InChI=1S/C21H16BrClN2OS/c22-18-3-1-2-16(12-18)13-24-25-21(26)17-6-4-15(5-7-17)14-27-20-10-8-19(23)9-11-20/h1-13H,14H2,(H,25,26)/b24-13-. The Labute approximate surface area is 176 Å². The lowest BCUT2D eigenvalue weighted by Crippen LogP contribution is -2.17. The highest BCUT2D eigenvalue weighted by molar-refractivity contribution is 9.10. The van der Waals surface area contributed by atoms with Crippen molar-refractivity contribution in [2.45, 2.75) is 10.6 Å². The summed E-state index contributed by atoms with van der Waals surface area (Å²) in [7, 11) is 0. The van der Waals surface area contributed by atoms with Crippen LogP contribution in [0, 0.1) is 0 Å². The number of carbonyl (C=O) groups excluding carboxylic acids is 1. The first kappa shape index (κ1) is 19.7. The lowest BCUT2D eigenvalue weighted by Gasteiger charge is -2.04. The predicted molar refractivity (Wildman–Crippen MR) is 117 cm³/mol. The van der Waals surface area contributed by atoms with Gasteiger partial charge in [-0.1, -0.05) is 51.8 Å². The molecule has 0 aliphatic carbocycles. The van der Waals surface area contributed by atoms with E-state index in [1.165, 1.54) is 0 Å². The summed E-state index contributed by atoms with van der Waals surface area (Å²) in [6, 6.07) is 23.0. The van der Waals surface area contributed by atoms with Gasteiger partial charge in [-0.15, -0.1) is 11.8 Å². The van der Waals surface area contributed by atoms with Gasteiger partial charge in [0.15, 0.2) is 0 Å². The average Bonchev–Trinajstić information content (AvgIpc) is 2.68. The zero-order valence-corrected chi connectivity index (χ0v) is 17.4. The Morgan fingerprint density at radius 3 is 2.52 bits per heavy atom. The van der Waals surface area contributed by atoms with E-state index in [2.05, 4.69) is 26.5 Å². The second-order valence-electron chi connectivity index (χ2n) is 5.69. The average molecular weight is 460 g/mol. The minimum Gasteiger partial charge on any atom is -0.267 e. The van der Waals surface area contributed by atoms with E-state index in [1.54, 1.807) is 18.0 Å². The van der Waals surface area contributed by atoms with Crippen LogP contribution < -0.4 is 5.43 Å². The zero-order valence-electron chi connectivity index (χ0n) is 14.2. The Kier molecular flexibility index (Phi) is 7.10. The van der Waals surface area contributed by atoms with Crippen molar-refractivity contribution in [1.29, 1.82) is 0 Å². The second kappa shape index (κ2) is 9.74. The molecule has 27 heavy (non-hydrogen) atoms. The highest BCUT2D eigenvalue weighted by atomic mass is 79.9. The Hall–Kier alpha value is -2.08. The molecule has 0 atom stereocenters. The molecule has 0 fully saturated rings. The summed E-state index contributed by atoms with van der Waals surface area (Å²) in [4.78, 5) is 13.3. The first-order chi connectivity index (χ1) is 13.1. The first-order valence-corrected chi connectivity index (χ1v) is 10.3. The molecule has 0 radical (unpaired) electrons. The molecule has 0 saturated heterocycles. The first-order valence-electron chi connectivity index (χ1n) is 8.16. The minimum absolute atomic E-state index is 0.238. The summed E-state index contributed by atoms with van der Waals surface area (Å²) >= 11 is 11.0. The van der Waals surface area contributed by atoms with Gasteiger partial charge < -0.3 is 0 Å². The van der Waals surface area contributed by atoms with E-state index in [-0.39, 0.29) is 5.91 Å². The molecule has 0 bridgehead atoms. The molecule has 3 nitrogen and oxygen atoms in total.